The van der Waals surface area contributed by atoms with Crippen molar-refractivity contribution in [1.82, 2.24) is 9.62 Å². The second-order valence-electron chi connectivity index (χ2n) is 7.59. The van der Waals surface area contributed by atoms with Gasteiger partial charge < -0.3 is 10.1 Å². The maximum Gasteiger partial charge on any atom is 0.246 e. The van der Waals surface area contributed by atoms with Crippen molar-refractivity contribution in [2.24, 2.45) is 5.92 Å². The molecule has 0 aromatic heterocycles. The quantitative estimate of drug-likeness (QED) is 0.768. The van der Waals surface area contributed by atoms with Crippen molar-refractivity contribution in [3.8, 4) is 5.75 Å². The summed E-state index contributed by atoms with van der Waals surface area (Å²) in [6.45, 7) is 8.64. The Labute approximate surface area is 163 Å². The van der Waals surface area contributed by atoms with Crippen molar-refractivity contribution >= 4 is 15.9 Å². The molecule has 1 aromatic rings. The molecule has 1 fully saturated rings. The third kappa shape index (κ3) is 5.02. The van der Waals surface area contributed by atoms with Gasteiger partial charge in [-0.2, -0.15) is 4.31 Å². The first kappa shape index (κ1) is 21.7. The Morgan fingerprint density at radius 1 is 1.33 bits per heavy atom. The van der Waals surface area contributed by atoms with E-state index < -0.39 is 10.0 Å². The zero-order chi connectivity index (χ0) is 20.2. The minimum absolute atomic E-state index is 0.0628. The predicted octanol–water partition coefficient (Wildman–Crippen LogP) is 3.13. The molecule has 0 unspecified atom stereocenters. The molecule has 2 atom stereocenters. The fourth-order valence-corrected chi connectivity index (χ4v) is 4.95. The highest BCUT2D eigenvalue weighted by molar-refractivity contribution is 7.89. The van der Waals surface area contributed by atoms with Crippen LogP contribution in [0, 0.1) is 5.92 Å². The Hall–Kier alpha value is -1.60. The van der Waals surface area contributed by atoms with Gasteiger partial charge in [-0.3, -0.25) is 4.79 Å². The zero-order valence-electron chi connectivity index (χ0n) is 17.0. The molecular formula is C20H32N2O4S. The van der Waals surface area contributed by atoms with E-state index in [9.17, 15) is 13.2 Å². The predicted molar refractivity (Wildman–Crippen MR) is 106 cm³/mol. The molecule has 7 heteroatoms. The SMILES string of the molecule is CC[C@H](C)NC(=O)[C@@H]1CCCN(S(=O)(=O)c2cc(C(C)C)ccc2OC)C1. The van der Waals surface area contributed by atoms with E-state index in [0.717, 1.165) is 12.0 Å². The van der Waals surface area contributed by atoms with Crippen LogP contribution in [0.1, 0.15) is 58.4 Å². The first-order valence-corrected chi connectivity index (χ1v) is 11.1. The molecule has 1 aliphatic rings. The van der Waals surface area contributed by atoms with Gasteiger partial charge >= 0.3 is 0 Å². The molecule has 0 bridgehead atoms. The van der Waals surface area contributed by atoms with Gasteiger partial charge in [0.15, 0.2) is 0 Å². The van der Waals surface area contributed by atoms with Gasteiger partial charge in [0.25, 0.3) is 0 Å². The number of methoxy groups -OCH3 is 1. The fraction of sp³-hybridized carbons (Fsp3) is 0.650. The van der Waals surface area contributed by atoms with Crippen molar-refractivity contribution in [1.29, 1.82) is 0 Å². The summed E-state index contributed by atoms with van der Waals surface area (Å²) >= 11 is 0. The van der Waals surface area contributed by atoms with E-state index in [1.165, 1.54) is 11.4 Å². The minimum Gasteiger partial charge on any atom is -0.495 e. The first-order chi connectivity index (χ1) is 12.7. The van der Waals surface area contributed by atoms with Crippen molar-refractivity contribution in [3.05, 3.63) is 23.8 Å². The molecule has 1 heterocycles. The van der Waals surface area contributed by atoms with Gasteiger partial charge in [-0.05, 0) is 49.8 Å². The number of benzene rings is 1. The second-order valence-corrected chi connectivity index (χ2v) is 9.49. The van der Waals surface area contributed by atoms with Crippen molar-refractivity contribution < 1.29 is 17.9 Å². The highest BCUT2D eigenvalue weighted by atomic mass is 32.2. The standard InChI is InChI=1S/C20H32N2O4S/c1-6-15(4)21-20(23)17-8-7-11-22(13-17)27(24,25)19-12-16(14(2)3)9-10-18(19)26-5/h9-10,12,14-15,17H,6-8,11,13H2,1-5H3,(H,21,23)/t15-,17+/m0/s1. The number of nitrogens with zero attached hydrogens (tertiary/aromatic N) is 1. The van der Waals surface area contributed by atoms with Crippen LogP contribution in [-0.4, -0.2) is 44.9 Å². The number of piperidine rings is 1. The Bertz CT molecular complexity index is 761. The molecule has 2 rings (SSSR count). The lowest BCUT2D eigenvalue weighted by molar-refractivity contribution is -0.126. The van der Waals surface area contributed by atoms with Crippen LogP contribution in [-0.2, 0) is 14.8 Å². The minimum atomic E-state index is -3.73. The molecule has 27 heavy (non-hydrogen) atoms. The van der Waals surface area contributed by atoms with E-state index in [2.05, 4.69) is 5.32 Å². The van der Waals surface area contributed by atoms with Crippen LogP contribution in [0.15, 0.2) is 23.1 Å². The van der Waals surface area contributed by atoms with Crippen molar-refractivity contribution in [3.63, 3.8) is 0 Å². The van der Waals surface area contributed by atoms with Crippen LogP contribution < -0.4 is 10.1 Å². The van der Waals surface area contributed by atoms with Crippen molar-refractivity contribution in [2.45, 2.75) is 63.8 Å². The Kier molecular flexibility index (Phi) is 7.28. The number of carbonyl (C=O) groups excluding carboxylic acids is 1. The molecule has 1 N–H and O–H groups in total. The average molecular weight is 397 g/mol. The van der Waals surface area contributed by atoms with Crippen LogP contribution in [0.3, 0.4) is 0 Å². The molecule has 0 aliphatic carbocycles. The number of rotatable bonds is 7. The summed E-state index contributed by atoms with van der Waals surface area (Å²) in [5.74, 6) is 0.166. The lowest BCUT2D eigenvalue weighted by Gasteiger charge is -2.32. The van der Waals surface area contributed by atoms with Gasteiger partial charge in [0.1, 0.15) is 10.6 Å². The molecule has 6 nitrogen and oxygen atoms in total. The number of hydrogen-bond acceptors (Lipinski definition) is 4. The molecule has 0 saturated carbocycles. The van der Waals surface area contributed by atoms with Gasteiger partial charge in [0.2, 0.25) is 15.9 Å². The van der Waals surface area contributed by atoms with Crippen LogP contribution in [0.5, 0.6) is 5.75 Å². The number of amides is 1. The first-order valence-electron chi connectivity index (χ1n) is 9.69. The molecule has 0 radical (unpaired) electrons. The Morgan fingerprint density at radius 2 is 2.04 bits per heavy atom. The monoisotopic (exact) mass is 396 g/mol. The van der Waals surface area contributed by atoms with Crippen LogP contribution in [0.2, 0.25) is 0 Å². The van der Waals surface area contributed by atoms with Gasteiger partial charge in [0, 0.05) is 19.1 Å². The van der Waals surface area contributed by atoms with Crippen LogP contribution in [0.25, 0.3) is 0 Å². The molecule has 1 saturated heterocycles. The summed E-state index contributed by atoms with van der Waals surface area (Å²) < 4.78 is 33.3. The number of nitrogens with one attached hydrogen (secondary N) is 1. The summed E-state index contributed by atoms with van der Waals surface area (Å²) in [7, 11) is -2.26. The average Bonchev–Trinajstić information content (AvgIpc) is 2.67. The van der Waals surface area contributed by atoms with Crippen molar-refractivity contribution in [2.75, 3.05) is 20.2 Å². The lowest BCUT2D eigenvalue weighted by Crippen LogP contribution is -2.47. The Morgan fingerprint density at radius 3 is 2.63 bits per heavy atom. The molecule has 1 aromatic carbocycles. The van der Waals surface area contributed by atoms with E-state index in [1.807, 2.05) is 33.8 Å². The maximum atomic E-state index is 13.3. The van der Waals surface area contributed by atoms with E-state index in [4.69, 9.17) is 4.74 Å². The number of hydrogen-bond donors (Lipinski definition) is 1. The van der Waals surface area contributed by atoms with E-state index in [0.29, 0.717) is 25.1 Å². The second kappa shape index (κ2) is 9.06. The molecule has 0 spiro atoms. The molecule has 1 amide bonds. The largest absolute Gasteiger partial charge is 0.495 e. The number of sulfonamides is 1. The summed E-state index contributed by atoms with van der Waals surface area (Å²) in [6.07, 6.45) is 2.22. The normalized spacial score (nSPS) is 19.7. The fourth-order valence-electron chi connectivity index (χ4n) is 3.23. The molecule has 1 aliphatic heterocycles. The molecular weight excluding hydrogens is 364 g/mol. The Balaban J connectivity index is 2.28. The number of carbonyl (C=O) groups is 1. The van der Waals surface area contributed by atoms with E-state index >= 15 is 0 Å². The summed E-state index contributed by atoms with van der Waals surface area (Å²) in [5, 5.41) is 2.97. The summed E-state index contributed by atoms with van der Waals surface area (Å²) in [6, 6.07) is 5.38. The van der Waals surface area contributed by atoms with Gasteiger partial charge in [-0.1, -0.05) is 26.8 Å². The van der Waals surface area contributed by atoms with Crippen LogP contribution in [0.4, 0.5) is 0 Å². The van der Waals surface area contributed by atoms with E-state index in [1.54, 1.807) is 12.1 Å². The van der Waals surface area contributed by atoms with Crippen LogP contribution >= 0.6 is 0 Å². The highest BCUT2D eigenvalue weighted by Gasteiger charge is 2.35. The van der Waals surface area contributed by atoms with Gasteiger partial charge in [0.05, 0.1) is 13.0 Å². The summed E-state index contributed by atoms with van der Waals surface area (Å²) in [5.41, 5.74) is 0.942. The van der Waals surface area contributed by atoms with Gasteiger partial charge in [-0.25, -0.2) is 8.42 Å². The maximum absolute atomic E-state index is 13.3. The van der Waals surface area contributed by atoms with Gasteiger partial charge in [-0.15, -0.1) is 0 Å². The molecule has 152 valence electrons. The highest BCUT2D eigenvalue weighted by Crippen LogP contribution is 2.32. The zero-order valence-corrected chi connectivity index (χ0v) is 17.8. The van der Waals surface area contributed by atoms with E-state index in [-0.39, 0.29) is 35.2 Å². The summed E-state index contributed by atoms with van der Waals surface area (Å²) in [4.78, 5) is 12.7. The topological polar surface area (TPSA) is 75.7 Å². The third-order valence-electron chi connectivity index (χ3n) is 5.23. The smallest absolute Gasteiger partial charge is 0.246 e. The lowest BCUT2D eigenvalue weighted by atomic mass is 9.98. The number of ether oxygens (including phenoxy) is 1. The third-order valence-corrected chi connectivity index (χ3v) is 7.11.